The normalized spacial score (nSPS) is 25.1. The van der Waals surface area contributed by atoms with Gasteiger partial charge in [0.1, 0.15) is 0 Å². The molecule has 2 atom stereocenters. The van der Waals surface area contributed by atoms with Crippen LogP contribution in [-0.4, -0.2) is 12.6 Å². The van der Waals surface area contributed by atoms with Crippen molar-refractivity contribution in [2.75, 3.05) is 6.61 Å². The zero-order chi connectivity index (χ0) is 12.0. The first-order chi connectivity index (χ1) is 7.63. The third-order valence-electron chi connectivity index (χ3n) is 3.39. The molecule has 0 heterocycles. The van der Waals surface area contributed by atoms with Crippen LogP contribution in [0.25, 0.3) is 0 Å². The van der Waals surface area contributed by atoms with Gasteiger partial charge in [0.15, 0.2) is 0 Å². The summed E-state index contributed by atoms with van der Waals surface area (Å²) < 4.78 is 5.23. The fraction of sp³-hybridized carbons (Fsp3) is 0.786. The van der Waals surface area contributed by atoms with Crippen molar-refractivity contribution >= 4 is 5.97 Å². The van der Waals surface area contributed by atoms with E-state index in [2.05, 4.69) is 13.5 Å². The Morgan fingerprint density at radius 3 is 2.69 bits per heavy atom. The van der Waals surface area contributed by atoms with Gasteiger partial charge in [0.25, 0.3) is 0 Å². The molecule has 0 aromatic heterocycles. The first-order valence-electron chi connectivity index (χ1n) is 6.46. The Kier molecular flexibility index (Phi) is 5.58. The Morgan fingerprint density at radius 1 is 1.38 bits per heavy atom. The molecule has 0 bridgehead atoms. The van der Waals surface area contributed by atoms with Gasteiger partial charge in [0, 0.05) is 5.57 Å². The Balaban J connectivity index is 2.26. The minimum Gasteiger partial charge on any atom is -0.462 e. The highest BCUT2D eigenvalue weighted by atomic mass is 16.5. The summed E-state index contributed by atoms with van der Waals surface area (Å²) in [5.41, 5.74) is 0.501. The van der Waals surface area contributed by atoms with Crippen molar-refractivity contribution in [2.45, 2.75) is 52.4 Å². The minimum atomic E-state index is -0.238. The first kappa shape index (κ1) is 13.3. The number of rotatable bonds is 5. The van der Waals surface area contributed by atoms with Gasteiger partial charge in [-0.05, 0) is 31.6 Å². The summed E-state index contributed by atoms with van der Waals surface area (Å²) in [6, 6.07) is 0. The molecule has 0 radical (unpaired) electrons. The van der Waals surface area contributed by atoms with E-state index >= 15 is 0 Å². The van der Waals surface area contributed by atoms with Crippen LogP contribution in [0.15, 0.2) is 12.2 Å². The maximum Gasteiger partial charge on any atom is 0.333 e. The van der Waals surface area contributed by atoms with Gasteiger partial charge in [-0.2, -0.15) is 0 Å². The molecule has 1 rings (SSSR count). The Hall–Kier alpha value is -0.790. The highest BCUT2D eigenvalue weighted by Gasteiger charge is 2.22. The molecule has 92 valence electrons. The van der Waals surface area contributed by atoms with E-state index < -0.39 is 0 Å². The van der Waals surface area contributed by atoms with Gasteiger partial charge < -0.3 is 4.74 Å². The van der Waals surface area contributed by atoms with Crippen LogP contribution < -0.4 is 0 Å². The molecule has 2 unspecified atom stereocenters. The van der Waals surface area contributed by atoms with Gasteiger partial charge in [-0.3, -0.25) is 0 Å². The quantitative estimate of drug-likeness (QED) is 0.525. The Labute approximate surface area is 99.1 Å². The topological polar surface area (TPSA) is 26.3 Å². The summed E-state index contributed by atoms with van der Waals surface area (Å²) in [5, 5.41) is 0. The Morgan fingerprint density at radius 2 is 2.06 bits per heavy atom. The van der Waals surface area contributed by atoms with E-state index in [0.717, 1.165) is 5.92 Å². The van der Waals surface area contributed by atoms with Crippen LogP contribution in [0.3, 0.4) is 0 Å². The van der Waals surface area contributed by atoms with E-state index in [1.54, 1.807) is 6.92 Å². The molecule has 1 aliphatic carbocycles. The first-order valence-corrected chi connectivity index (χ1v) is 6.46. The van der Waals surface area contributed by atoms with Crippen LogP contribution in [0, 0.1) is 11.8 Å². The number of carbonyl (C=O) groups excluding carboxylic acids is 1. The molecule has 0 aromatic carbocycles. The second-order valence-electron chi connectivity index (χ2n) is 5.07. The SMILES string of the molecule is C=C(C)C(=O)OCC1CCCC(CCC)C1. The lowest BCUT2D eigenvalue weighted by Crippen LogP contribution is -2.21. The van der Waals surface area contributed by atoms with Gasteiger partial charge in [-0.15, -0.1) is 0 Å². The van der Waals surface area contributed by atoms with E-state index in [9.17, 15) is 4.79 Å². The van der Waals surface area contributed by atoms with Crippen molar-refractivity contribution in [3.63, 3.8) is 0 Å². The number of esters is 1. The summed E-state index contributed by atoms with van der Waals surface area (Å²) in [5.74, 6) is 1.19. The molecule has 0 aliphatic heterocycles. The molecule has 1 saturated carbocycles. The molecule has 16 heavy (non-hydrogen) atoms. The average molecular weight is 224 g/mol. The predicted molar refractivity (Wildman–Crippen MR) is 66.1 cm³/mol. The van der Waals surface area contributed by atoms with E-state index in [1.807, 2.05) is 0 Å². The zero-order valence-electron chi connectivity index (χ0n) is 10.6. The fourth-order valence-corrected chi connectivity index (χ4v) is 2.54. The van der Waals surface area contributed by atoms with Gasteiger partial charge in [-0.25, -0.2) is 4.79 Å². The van der Waals surface area contributed by atoms with Crippen molar-refractivity contribution in [1.82, 2.24) is 0 Å². The van der Waals surface area contributed by atoms with Crippen molar-refractivity contribution in [2.24, 2.45) is 11.8 Å². The summed E-state index contributed by atoms with van der Waals surface area (Å²) in [6.07, 6.45) is 7.69. The molecule has 0 aromatic rings. The lowest BCUT2D eigenvalue weighted by atomic mass is 9.80. The number of ether oxygens (including phenoxy) is 1. The van der Waals surface area contributed by atoms with Gasteiger partial charge in [0.2, 0.25) is 0 Å². The van der Waals surface area contributed by atoms with Crippen LogP contribution in [0.5, 0.6) is 0 Å². The van der Waals surface area contributed by atoms with E-state index in [4.69, 9.17) is 4.74 Å². The van der Waals surface area contributed by atoms with E-state index in [-0.39, 0.29) is 5.97 Å². The fourth-order valence-electron chi connectivity index (χ4n) is 2.54. The third kappa shape index (κ3) is 4.38. The summed E-state index contributed by atoms with van der Waals surface area (Å²) in [4.78, 5) is 11.3. The second kappa shape index (κ2) is 6.72. The van der Waals surface area contributed by atoms with Gasteiger partial charge in [0.05, 0.1) is 6.61 Å². The summed E-state index contributed by atoms with van der Waals surface area (Å²) >= 11 is 0. The predicted octanol–water partition coefficient (Wildman–Crippen LogP) is 3.71. The third-order valence-corrected chi connectivity index (χ3v) is 3.39. The molecule has 0 N–H and O–H groups in total. The van der Waals surface area contributed by atoms with Crippen LogP contribution in [0.4, 0.5) is 0 Å². The van der Waals surface area contributed by atoms with Crippen molar-refractivity contribution in [1.29, 1.82) is 0 Å². The largest absolute Gasteiger partial charge is 0.462 e. The lowest BCUT2D eigenvalue weighted by molar-refractivity contribution is -0.140. The number of carbonyl (C=O) groups is 1. The average Bonchev–Trinajstić information content (AvgIpc) is 2.26. The van der Waals surface area contributed by atoms with Crippen LogP contribution in [0.1, 0.15) is 52.4 Å². The molecule has 2 nitrogen and oxygen atoms in total. The molecular formula is C14H24O2. The maximum absolute atomic E-state index is 11.3. The molecule has 1 fully saturated rings. The standard InChI is InChI=1S/C14H24O2/c1-4-6-12-7-5-8-13(9-12)10-16-14(15)11(2)3/h12-13H,2,4-10H2,1,3H3. The second-order valence-corrected chi connectivity index (χ2v) is 5.07. The molecule has 0 spiro atoms. The maximum atomic E-state index is 11.3. The molecular weight excluding hydrogens is 200 g/mol. The highest BCUT2D eigenvalue weighted by molar-refractivity contribution is 5.86. The van der Waals surface area contributed by atoms with Crippen LogP contribution >= 0.6 is 0 Å². The Bertz CT molecular complexity index is 243. The van der Waals surface area contributed by atoms with E-state index in [1.165, 1.54) is 38.5 Å². The zero-order valence-corrected chi connectivity index (χ0v) is 10.6. The van der Waals surface area contributed by atoms with Crippen LogP contribution in [-0.2, 0) is 9.53 Å². The number of hydrogen-bond acceptors (Lipinski definition) is 2. The smallest absolute Gasteiger partial charge is 0.333 e. The molecule has 1 aliphatic rings. The van der Waals surface area contributed by atoms with Crippen molar-refractivity contribution in [3.05, 3.63) is 12.2 Å². The van der Waals surface area contributed by atoms with Crippen molar-refractivity contribution < 1.29 is 9.53 Å². The van der Waals surface area contributed by atoms with Crippen molar-refractivity contribution in [3.8, 4) is 0 Å². The van der Waals surface area contributed by atoms with E-state index in [0.29, 0.717) is 18.1 Å². The number of hydrogen-bond donors (Lipinski definition) is 0. The molecule has 2 heteroatoms. The monoisotopic (exact) mass is 224 g/mol. The summed E-state index contributed by atoms with van der Waals surface area (Å²) in [6.45, 7) is 8.12. The van der Waals surface area contributed by atoms with Gasteiger partial charge in [-0.1, -0.05) is 39.2 Å². The highest BCUT2D eigenvalue weighted by Crippen LogP contribution is 2.31. The van der Waals surface area contributed by atoms with Crippen LogP contribution in [0.2, 0.25) is 0 Å². The van der Waals surface area contributed by atoms with Gasteiger partial charge >= 0.3 is 5.97 Å². The molecule has 0 saturated heterocycles. The minimum absolute atomic E-state index is 0.238. The molecule has 0 amide bonds. The summed E-state index contributed by atoms with van der Waals surface area (Å²) in [7, 11) is 0. The lowest BCUT2D eigenvalue weighted by Gasteiger charge is -2.28.